The summed E-state index contributed by atoms with van der Waals surface area (Å²) in [5.41, 5.74) is 1.30. The topological polar surface area (TPSA) is 94.6 Å². The molecule has 0 atom stereocenters. The van der Waals surface area contributed by atoms with Crippen LogP contribution in [0.1, 0.15) is 24.2 Å². The van der Waals surface area contributed by atoms with Crippen molar-refractivity contribution in [2.45, 2.75) is 18.9 Å². The van der Waals surface area contributed by atoms with Crippen LogP contribution in [0.25, 0.3) is 0 Å². The molecule has 0 radical (unpaired) electrons. The molecule has 1 spiro atoms. The Hall–Kier alpha value is -3.57. The average Bonchev–Trinajstić information content (AvgIpc) is 3.12. The van der Waals surface area contributed by atoms with Gasteiger partial charge in [-0.1, -0.05) is 24.3 Å². The van der Waals surface area contributed by atoms with E-state index in [0.29, 0.717) is 11.1 Å². The number of rotatable bonds is 7. The van der Waals surface area contributed by atoms with Crippen molar-refractivity contribution in [2.75, 3.05) is 39.4 Å². The number of carbonyl (C=O) groups excluding carboxylic acids is 3. The van der Waals surface area contributed by atoms with Crippen LogP contribution in [0, 0.1) is 11.6 Å². The molecule has 2 saturated heterocycles. The number of hydrogen-bond acceptors (Lipinski definition) is 8. The Bertz CT molecular complexity index is 1020. The molecule has 2 aromatic carbocycles. The molecule has 9 nitrogen and oxygen atoms in total. The van der Waals surface area contributed by atoms with E-state index in [1.807, 2.05) is 0 Å². The van der Waals surface area contributed by atoms with Crippen molar-refractivity contribution < 1.29 is 42.1 Å². The molecular weight excluding hydrogens is 466 g/mol. The quantitative estimate of drug-likeness (QED) is 0.432. The van der Waals surface area contributed by atoms with E-state index in [-0.39, 0.29) is 39.4 Å². The van der Waals surface area contributed by atoms with E-state index in [1.165, 1.54) is 29.2 Å². The molecule has 2 aliphatic rings. The van der Waals surface area contributed by atoms with Crippen LogP contribution < -0.4 is 0 Å². The molecule has 0 aromatic heterocycles. The summed E-state index contributed by atoms with van der Waals surface area (Å²) in [4.78, 5) is 38.8. The second-order valence-electron chi connectivity index (χ2n) is 7.95. The Labute approximate surface area is 200 Å². The van der Waals surface area contributed by atoms with Gasteiger partial charge < -0.3 is 18.9 Å². The van der Waals surface area contributed by atoms with Crippen molar-refractivity contribution in [1.82, 2.24) is 9.80 Å². The Morgan fingerprint density at radius 2 is 1.51 bits per heavy atom. The molecular formula is C24H24F2N2O7. The molecule has 2 fully saturated rings. The Morgan fingerprint density at radius 3 is 2.03 bits per heavy atom. The highest BCUT2D eigenvalue weighted by molar-refractivity contribution is 6.31. The lowest BCUT2D eigenvalue weighted by Crippen LogP contribution is -2.64. The van der Waals surface area contributed by atoms with Crippen molar-refractivity contribution in [3.63, 3.8) is 0 Å². The summed E-state index contributed by atoms with van der Waals surface area (Å²) >= 11 is 0. The van der Waals surface area contributed by atoms with E-state index >= 15 is 0 Å². The van der Waals surface area contributed by atoms with Gasteiger partial charge in [-0.15, -0.1) is 0 Å². The summed E-state index contributed by atoms with van der Waals surface area (Å²) < 4.78 is 48.5. The van der Waals surface area contributed by atoms with Crippen LogP contribution in [0.4, 0.5) is 13.6 Å². The first-order valence-electron chi connectivity index (χ1n) is 11.1. The molecule has 4 rings (SSSR count). The van der Waals surface area contributed by atoms with Crippen LogP contribution in [0.3, 0.4) is 0 Å². The first kappa shape index (κ1) is 24.6. The number of amides is 1. The molecule has 1 amide bonds. The van der Waals surface area contributed by atoms with Crippen LogP contribution in [0.2, 0.25) is 0 Å². The minimum atomic E-state index is -1.79. The van der Waals surface area contributed by atoms with Gasteiger partial charge in [-0.3, -0.25) is 4.90 Å². The third-order valence-corrected chi connectivity index (χ3v) is 5.70. The number of nitrogens with zero attached hydrogens (tertiary/aromatic N) is 2. The first-order chi connectivity index (χ1) is 16.8. The molecule has 2 aromatic rings. The van der Waals surface area contributed by atoms with E-state index in [9.17, 15) is 23.2 Å². The standard InChI is InChI=1S/C24H24F2N2O7/c1-2-32-23(31)27-11-12-28(24(15-27)34-21(29)22(30)35-24)13-14-33-20(16-3-7-18(25)8-4-16)17-5-9-19(26)10-6-17/h3-10,20H,2,11-15H2,1H3. The number of ether oxygens (including phenoxy) is 4. The minimum Gasteiger partial charge on any atom is -0.450 e. The summed E-state index contributed by atoms with van der Waals surface area (Å²) in [5, 5.41) is 0. The second kappa shape index (κ2) is 10.4. The summed E-state index contributed by atoms with van der Waals surface area (Å²) in [6.45, 7) is 2.30. The van der Waals surface area contributed by atoms with Gasteiger partial charge in [-0.2, -0.15) is 0 Å². The average molecular weight is 490 g/mol. The molecule has 0 N–H and O–H groups in total. The highest BCUT2D eigenvalue weighted by Gasteiger charge is 2.56. The monoisotopic (exact) mass is 490 g/mol. The number of hydrogen-bond donors (Lipinski definition) is 0. The highest BCUT2D eigenvalue weighted by atomic mass is 19.1. The zero-order valence-electron chi connectivity index (χ0n) is 18.9. The van der Waals surface area contributed by atoms with E-state index in [4.69, 9.17) is 18.9 Å². The van der Waals surface area contributed by atoms with Gasteiger partial charge in [0, 0.05) is 19.6 Å². The van der Waals surface area contributed by atoms with Gasteiger partial charge in [0.1, 0.15) is 24.3 Å². The fraction of sp³-hybridized carbons (Fsp3) is 0.375. The second-order valence-corrected chi connectivity index (χ2v) is 7.95. The first-order valence-corrected chi connectivity index (χ1v) is 11.1. The van der Waals surface area contributed by atoms with E-state index in [2.05, 4.69) is 0 Å². The Kier molecular flexibility index (Phi) is 7.27. The van der Waals surface area contributed by atoms with Gasteiger partial charge in [-0.25, -0.2) is 28.1 Å². The zero-order chi connectivity index (χ0) is 25.0. The predicted octanol–water partition coefficient (Wildman–Crippen LogP) is 2.60. The number of carbonyl (C=O) groups is 3. The molecule has 0 aliphatic carbocycles. The van der Waals surface area contributed by atoms with Crippen molar-refractivity contribution in [1.29, 1.82) is 0 Å². The maximum Gasteiger partial charge on any atom is 0.421 e. The number of piperazine rings is 1. The van der Waals surface area contributed by atoms with Gasteiger partial charge in [0.2, 0.25) is 0 Å². The molecule has 2 aliphatic heterocycles. The molecule has 186 valence electrons. The molecule has 2 heterocycles. The van der Waals surface area contributed by atoms with E-state index < -0.39 is 41.7 Å². The summed E-state index contributed by atoms with van der Waals surface area (Å²) in [6.07, 6.45) is -1.25. The van der Waals surface area contributed by atoms with Crippen molar-refractivity contribution in [3.8, 4) is 0 Å². The van der Waals surface area contributed by atoms with Crippen LogP contribution in [0.5, 0.6) is 0 Å². The molecule has 35 heavy (non-hydrogen) atoms. The smallest absolute Gasteiger partial charge is 0.421 e. The van der Waals surface area contributed by atoms with Crippen LogP contribution >= 0.6 is 0 Å². The third kappa shape index (κ3) is 5.41. The largest absolute Gasteiger partial charge is 0.450 e. The normalized spacial score (nSPS) is 17.5. The zero-order valence-corrected chi connectivity index (χ0v) is 18.9. The summed E-state index contributed by atoms with van der Waals surface area (Å²) in [5.74, 6) is -4.91. The van der Waals surface area contributed by atoms with Gasteiger partial charge in [-0.05, 0) is 42.3 Å². The molecule has 11 heteroatoms. The Balaban J connectivity index is 1.49. The predicted molar refractivity (Wildman–Crippen MR) is 116 cm³/mol. The molecule has 0 bridgehead atoms. The van der Waals surface area contributed by atoms with Gasteiger partial charge >= 0.3 is 23.9 Å². The van der Waals surface area contributed by atoms with Crippen molar-refractivity contribution in [3.05, 3.63) is 71.3 Å². The molecule has 0 saturated carbocycles. The summed E-state index contributed by atoms with van der Waals surface area (Å²) in [7, 11) is 0. The minimum absolute atomic E-state index is 0.0790. The van der Waals surface area contributed by atoms with Gasteiger partial charge in [0.25, 0.3) is 0 Å². The number of esters is 2. The van der Waals surface area contributed by atoms with Crippen molar-refractivity contribution in [2.24, 2.45) is 0 Å². The van der Waals surface area contributed by atoms with E-state index in [1.54, 1.807) is 36.1 Å². The van der Waals surface area contributed by atoms with Crippen LogP contribution in [-0.4, -0.2) is 73.1 Å². The van der Waals surface area contributed by atoms with Crippen LogP contribution in [-0.2, 0) is 28.5 Å². The lowest BCUT2D eigenvalue weighted by Gasteiger charge is -2.44. The van der Waals surface area contributed by atoms with Crippen LogP contribution in [0.15, 0.2) is 48.5 Å². The lowest BCUT2D eigenvalue weighted by molar-refractivity contribution is -0.270. The SMILES string of the molecule is CCOC(=O)N1CCN(CCOC(c2ccc(F)cc2)c2ccc(F)cc2)C2(C1)OC(=O)C(=O)O2. The van der Waals surface area contributed by atoms with Gasteiger partial charge in [0.15, 0.2) is 0 Å². The number of benzene rings is 2. The maximum absolute atomic E-state index is 13.5. The van der Waals surface area contributed by atoms with Gasteiger partial charge in [0.05, 0.1) is 13.2 Å². The fourth-order valence-electron chi connectivity index (χ4n) is 4.01. The summed E-state index contributed by atoms with van der Waals surface area (Å²) in [6, 6.07) is 11.5. The van der Waals surface area contributed by atoms with Crippen molar-refractivity contribution >= 4 is 18.0 Å². The number of halogens is 2. The highest BCUT2D eigenvalue weighted by Crippen LogP contribution is 2.31. The third-order valence-electron chi connectivity index (χ3n) is 5.70. The molecule has 0 unspecified atom stereocenters. The maximum atomic E-state index is 13.5. The van der Waals surface area contributed by atoms with E-state index in [0.717, 1.165) is 0 Å². The lowest BCUT2D eigenvalue weighted by atomic mass is 10.0. The fourth-order valence-corrected chi connectivity index (χ4v) is 4.01. The Morgan fingerprint density at radius 1 is 0.971 bits per heavy atom.